The van der Waals surface area contributed by atoms with Gasteiger partial charge in [0.25, 0.3) is 0 Å². The molecular weight excluding hydrogens is 230 g/mol. The Morgan fingerprint density at radius 1 is 1.13 bits per heavy atom. The number of anilines is 1. The number of hydrogen-bond donors (Lipinski definition) is 1. The molecule has 0 aliphatic rings. The number of rotatable bonds is 3. The van der Waals surface area contributed by atoms with E-state index in [-0.39, 0.29) is 5.69 Å². The first-order valence-electron chi connectivity index (χ1n) is 3.96. The van der Waals surface area contributed by atoms with Gasteiger partial charge in [-0.25, -0.2) is 8.42 Å². The SMILES string of the molecule is CS(=O)(=O)Nc1ccc([B-](F)(F)F)cc1. The van der Waals surface area contributed by atoms with E-state index >= 15 is 0 Å². The van der Waals surface area contributed by atoms with Gasteiger partial charge in [0.15, 0.2) is 0 Å². The fraction of sp³-hybridized carbons (Fsp3) is 0.143. The third-order valence-electron chi connectivity index (χ3n) is 1.59. The second kappa shape index (κ2) is 3.76. The summed E-state index contributed by atoms with van der Waals surface area (Å²) in [7, 11) is -3.45. The molecule has 0 heterocycles. The molecule has 0 saturated carbocycles. The molecule has 84 valence electrons. The molecule has 0 aliphatic carbocycles. The number of benzene rings is 1. The van der Waals surface area contributed by atoms with Gasteiger partial charge in [0.2, 0.25) is 10.0 Å². The minimum absolute atomic E-state index is 0.112. The quantitative estimate of drug-likeness (QED) is 0.801. The third-order valence-corrected chi connectivity index (χ3v) is 2.20. The van der Waals surface area contributed by atoms with Crippen LogP contribution < -0.4 is 10.2 Å². The lowest BCUT2D eigenvalue weighted by Gasteiger charge is -2.14. The van der Waals surface area contributed by atoms with E-state index in [4.69, 9.17) is 0 Å². The van der Waals surface area contributed by atoms with Gasteiger partial charge in [-0.05, 0) is 12.1 Å². The Morgan fingerprint density at radius 3 is 1.93 bits per heavy atom. The van der Waals surface area contributed by atoms with Crippen molar-refractivity contribution >= 4 is 28.2 Å². The van der Waals surface area contributed by atoms with Crippen molar-refractivity contribution in [1.29, 1.82) is 0 Å². The first-order chi connectivity index (χ1) is 6.68. The summed E-state index contributed by atoms with van der Waals surface area (Å²) < 4.78 is 60.1. The maximum absolute atomic E-state index is 12.2. The van der Waals surface area contributed by atoms with Crippen LogP contribution in [0.5, 0.6) is 0 Å². The van der Waals surface area contributed by atoms with Crippen molar-refractivity contribution in [2.24, 2.45) is 0 Å². The van der Waals surface area contributed by atoms with Crippen LogP contribution in [0.4, 0.5) is 18.6 Å². The van der Waals surface area contributed by atoms with E-state index in [9.17, 15) is 21.4 Å². The summed E-state index contributed by atoms with van der Waals surface area (Å²) in [4.78, 5) is 0. The maximum Gasteiger partial charge on any atom is 0.509 e. The standard InChI is InChI=1S/C7H8BF3NO2S/c1-15(13,14)12-7-4-2-6(3-5-7)8(9,10)11/h2-5,12H,1H3/q-1. The highest BCUT2D eigenvalue weighted by Crippen LogP contribution is 2.12. The van der Waals surface area contributed by atoms with E-state index in [2.05, 4.69) is 4.72 Å². The topological polar surface area (TPSA) is 46.2 Å². The van der Waals surface area contributed by atoms with Crippen LogP contribution in [0, 0.1) is 0 Å². The summed E-state index contributed by atoms with van der Waals surface area (Å²) >= 11 is 0. The van der Waals surface area contributed by atoms with Crippen LogP contribution in [0.3, 0.4) is 0 Å². The highest BCUT2D eigenvalue weighted by Gasteiger charge is 2.24. The molecule has 0 aliphatic heterocycles. The average Bonchev–Trinajstić information content (AvgIpc) is 2.00. The van der Waals surface area contributed by atoms with Crippen molar-refractivity contribution in [2.75, 3.05) is 11.0 Å². The van der Waals surface area contributed by atoms with Crippen molar-refractivity contribution in [3.63, 3.8) is 0 Å². The summed E-state index contributed by atoms with van der Waals surface area (Å²) in [6.45, 7) is -5.03. The van der Waals surface area contributed by atoms with Gasteiger partial charge in [0.1, 0.15) is 0 Å². The first kappa shape index (κ1) is 11.9. The number of halogens is 3. The van der Waals surface area contributed by atoms with E-state index in [1.54, 1.807) is 0 Å². The monoisotopic (exact) mass is 238 g/mol. The zero-order chi connectivity index (χ0) is 11.7. The van der Waals surface area contributed by atoms with Crippen LogP contribution in [-0.4, -0.2) is 21.7 Å². The summed E-state index contributed by atoms with van der Waals surface area (Å²) in [5, 5.41) is 0. The molecule has 1 aromatic carbocycles. The minimum atomic E-state index is -5.03. The zero-order valence-corrected chi connectivity index (χ0v) is 8.56. The van der Waals surface area contributed by atoms with Gasteiger partial charge < -0.3 is 12.9 Å². The van der Waals surface area contributed by atoms with Crippen molar-refractivity contribution in [3.05, 3.63) is 24.3 Å². The van der Waals surface area contributed by atoms with E-state index < -0.39 is 22.5 Å². The average molecular weight is 238 g/mol. The number of hydrogen-bond acceptors (Lipinski definition) is 2. The van der Waals surface area contributed by atoms with Gasteiger partial charge in [-0.15, -0.1) is 5.46 Å². The molecule has 0 unspecified atom stereocenters. The Labute approximate surface area is 85.4 Å². The van der Waals surface area contributed by atoms with Gasteiger partial charge in [-0.2, -0.15) is 0 Å². The zero-order valence-electron chi connectivity index (χ0n) is 7.75. The lowest BCUT2D eigenvalue weighted by atomic mass is 9.80. The van der Waals surface area contributed by atoms with E-state index in [1.165, 1.54) is 0 Å². The van der Waals surface area contributed by atoms with Crippen LogP contribution in [-0.2, 0) is 10.0 Å². The van der Waals surface area contributed by atoms with Gasteiger partial charge in [0.05, 0.1) is 6.26 Å². The Kier molecular flexibility index (Phi) is 2.99. The highest BCUT2D eigenvalue weighted by atomic mass is 32.2. The van der Waals surface area contributed by atoms with Crippen LogP contribution in [0.2, 0.25) is 0 Å². The number of sulfonamides is 1. The molecule has 0 atom stereocenters. The predicted molar refractivity (Wildman–Crippen MR) is 53.6 cm³/mol. The molecule has 1 aromatic rings. The lowest BCUT2D eigenvalue weighted by molar-refractivity contribution is 0.501. The normalized spacial score (nSPS) is 12.5. The molecule has 0 bridgehead atoms. The van der Waals surface area contributed by atoms with E-state index in [0.29, 0.717) is 0 Å². The highest BCUT2D eigenvalue weighted by molar-refractivity contribution is 7.92. The fourth-order valence-electron chi connectivity index (χ4n) is 0.983. The van der Waals surface area contributed by atoms with Crippen LogP contribution in [0.15, 0.2) is 24.3 Å². The van der Waals surface area contributed by atoms with Gasteiger partial charge in [-0.3, -0.25) is 4.72 Å². The molecule has 8 heteroatoms. The lowest BCUT2D eigenvalue weighted by Crippen LogP contribution is -2.33. The first-order valence-corrected chi connectivity index (χ1v) is 5.85. The fourth-order valence-corrected chi connectivity index (χ4v) is 1.55. The van der Waals surface area contributed by atoms with E-state index in [0.717, 1.165) is 30.5 Å². The second-order valence-electron chi connectivity index (χ2n) is 3.07. The largest absolute Gasteiger partial charge is 0.509 e. The molecule has 0 radical (unpaired) electrons. The molecule has 0 amide bonds. The molecular formula is C7H8BF3NO2S-. The van der Waals surface area contributed by atoms with Crippen LogP contribution in [0.25, 0.3) is 0 Å². The molecule has 1 rings (SSSR count). The third kappa shape index (κ3) is 3.82. The van der Waals surface area contributed by atoms with Crippen LogP contribution >= 0.6 is 0 Å². The smallest absolute Gasteiger partial charge is 0.445 e. The molecule has 0 saturated heterocycles. The molecule has 0 fully saturated rings. The Morgan fingerprint density at radius 2 is 1.60 bits per heavy atom. The molecule has 1 N–H and O–H groups in total. The van der Waals surface area contributed by atoms with Gasteiger partial charge in [0, 0.05) is 5.69 Å². The van der Waals surface area contributed by atoms with Crippen molar-refractivity contribution in [1.82, 2.24) is 0 Å². The van der Waals surface area contributed by atoms with Crippen molar-refractivity contribution in [3.8, 4) is 0 Å². The number of nitrogens with one attached hydrogen (secondary N) is 1. The van der Waals surface area contributed by atoms with Gasteiger partial charge in [-0.1, -0.05) is 12.1 Å². The molecule has 0 aromatic heterocycles. The maximum atomic E-state index is 12.2. The van der Waals surface area contributed by atoms with Crippen molar-refractivity contribution < 1.29 is 21.4 Å². The summed E-state index contributed by atoms with van der Waals surface area (Å²) in [6.07, 6.45) is 0.925. The summed E-state index contributed by atoms with van der Waals surface area (Å²) in [5.74, 6) is 0. The molecule has 3 nitrogen and oxygen atoms in total. The van der Waals surface area contributed by atoms with Crippen molar-refractivity contribution in [2.45, 2.75) is 0 Å². The predicted octanol–water partition coefficient (Wildman–Crippen LogP) is 1.11. The van der Waals surface area contributed by atoms with Crippen LogP contribution in [0.1, 0.15) is 0 Å². The van der Waals surface area contributed by atoms with E-state index in [1.807, 2.05) is 0 Å². The molecule has 0 spiro atoms. The summed E-state index contributed by atoms with van der Waals surface area (Å²) in [5.41, 5.74) is -0.643. The summed E-state index contributed by atoms with van der Waals surface area (Å²) in [6, 6.07) is 3.83. The Bertz CT molecular complexity index is 440. The second-order valence-corrected chi connectivity index (χ2v) is 4.82. The Hall–Kier alpha value is -1.18. The van der Waals surface area contributed by atoms with Gasteiger partial charge >= 0.3 is 6.98 Å². The minimum Gasteiger partial charge on any atom is -0.445 e. The Balaban J connectivity index is 2.91. The molecule has 15 heavy (non-hydrogen) atoms.